The van der Waals surface area contributed by atoms with E-state index >= 15 is 0 Å². The fourth-order valence-corrected chi connectivity index (χ4v) is 1.18. The van der Waals surface area contributed by atoms with Crippen LogP contribution in [0.2, 0.25) is 0 Å². The zero-order valence-electron chi connectivity index (χ0n) is 9.56. The fourth-order valence-electron chi connectivity index (χ4n) is 1.18. The van der Waals surface area contributed by atoms with Gasteiger partial charge in [-0.15, -0.1) is 0 Å². The second-order valence-electron chi connectivity index (χ2n) is 4.29. The summed E-state index contributed by atoms with van der Waals surface area (Å²) >= 11 is 0. The van der Waals surface area contributed by atoms with E-state index < -0.39 is 17.2 Å². The highest BCUT2D eigenvalue weighted by atomic mass is 19.1. The van der Waals surface area contributed by atoms with Gasteiger partial charge in [-0.25, -0.2) is 8.78 Å². The molecule has 0 spiro atoms. The van der Waals surface area contributed by atoms with Gasteiger partial charge >= 0.3 is 0 Å². The molecule has 1 aromatic rings. The van der Waals surface area contributed by atoms with Crippen LogP contribution in [0.25, 0.3) is 0 Å². The van der Waals surface area contributed by atoms with Gasteiger partial charge < -0.3 is 5.32 Å². The van der Waals surface area contributed by atoms with Gasteiger partial charge in [0.25, 0.3) is 0 Å². The number of hydrogen-bond donors (Lipinski definition) is 1. The summed E-state index contributed by atoms with van der Waals surface area (Å²) in [5.74, 6) is -1.48. The first-order valence-electron chi connectivity index (χ1n) is 5.07. The highest BCUT2D eigenvalue weighted by molar-refractivity contribution is 5.51. The lowest BCUT2D eigenvalue weighted by molar-refractivity contribution is 0.522. The Morgan fingerprint density at radius 3 is 2.19 bits per heavy atom. The summed E-state index contributed by atoms with van der Waals surface area (Å²) in [6.07, 6.45) is 0.728. The second kappa shape index (κ2) is 4.48. The molecule has 1 rings (SSSR count). The summed E-state index contributed by atoms with van der Waals surface area (Å²) in [7, 11) is 0. The molecule has 0 aliphatic carbocycles. The fraction of sp³-hybridized carbons (Fsp3) is 0.417. The quantitative estimate of drug-likeness (QED) is 0.853. The van der Waals surface area contributed by atoms with Crippen LogP contribution >= 0.6 is 0 Å². The van der Waals surface area contributed by atoms with Gasteiger partial charge in [-0.1, -0.05) is 6.92 Å². The average Bonchev–Trinajstić information content (AvgIpc) is 2.23. The Kier molecular flexibility index (Phi) is 3.48. The molecule has 1 aromatic carbocycles. The van der Waals surface area contributed by atoms with Crippen molar-refractivity contribution in [3.8, 4) is 6.07 Å². The lowest BCUT2D eigenvalue weighted by Gasteiger charge is -2.26. The third-order valence-electron chi connectivity index (χ3n) is 2.52. The number of rotatable bonds is 3. The molecule has 86 valence electrons. The zero-order chi connectivity index (χ0) is 12.3. The van der Waals surface area contributed by atoms with Crippen molar-refractivity contribution in [2.75, 3.05) is 5.32 Å². The molecular formula is C12H14F2N2. The van der Waals surface area contributed by atoms with Gasteiger partial charge in [0.05, 0.1) is 11.6 Å². The van der Waals surface area contributed by atoms with E-state index in [0.717, 1.165) is 18.6 Å². The van der Waals surface area contributed by atoms with Crippen LogP contribution in [-0.2, 0) is 0 Å². The second-order valence-corrected chi connectivity index (χ2v) is 4.29. The molecular weight excluding hydrogens is 210 g/mol. The molecule has 0 aliphatic rings. The van der Waals surface area contributed by atoms with Gasteiger partial charge in [0.15, 0.2) is 11.6 Å². The molecule has 0 aliphatic heterocycles. The number of nitrogens with zero attached hydrogens (tertiary/aromatic N) is 1. The first-order chi connectivity index (χ1) is 7.39. The smallest absolute Gasteiger partial charge is 0.150 e. The van der Waals surface area contributed by atoms with Gasteiger partial charge in [0.1, 0.15) is 5.69 Å². The van der Waals surface area contributed by atoms with Gasteiger partial charge in [0, 0.05) is 5.54 Å². The normalized spacial score (nSPS) is 11.0. The summed E-state index contributed by atoms with van der Waals surface area (Å²) in [6, 6.07) is 3.75. The van der Waals surface area contributed by atoms with Crippen molar-refractivity contribution in [2.45, 2.75) is 32.7 Å². The summed E-state index contributed by atoms with van der Waals surface area (Å²) in [6.45, 7) is 5.63. The standard InChI is InChI=1S/C12H14F2N2/c1-4-12(2,3)16-11-9(13)5-8(7-15)6-10(11)14/h5-6,16H,4H2,1-3H3. The molecule has 2 nitrogen and oxygen atoms in total. The number of anilines is 1. The molecule has 0 heterocycles. The molecule has 0 radical (unpaired) electrons. The molecule has 16 heavy (non-hydrogen) atoms. The van der Waals surface area contributed by atoms with Crippen LogP contribution in [0.3, 0.4) is 0 Å². The number of nitrogens with one attached hydrogen (secondary N) is 1. The molecule has 1 N–H and O–H groups in total. The van der Waals surface area contributed by atoms with Gasteiger partial charge in [-0.2, -0.15) is 5.26 Å². The number of hydrogen-bond acceptors (Lipinski definition) is 2. The maximum absolute atomic E-state index is 13.5. The van der Waals surface area contributed by atoms with Gasteiger partial charge in [0.2, 0.25) is 0 Å². The molecule has 0 saturated heterocycles. The van der Waals surface area contributed by atoms with Crippen molar-refractivity contribution in [3.05, 3.63) is 29.3 Å². The van der Waals surface area contributed by atoms with Crippen molar-refractivity contribution in [1.29, 1.82) is 5.26 Å². The summed E-state index contributed by atoms with van der Waals surface area (Å²) in [5.41, 5.74) is -0.587. The molecule has 0 atom stereocenters. The Balaban J connectivity index is 3.12. The van der Waals surface area contributed by atoms with E-state index in [1.165, 1.54) is 0 Å². The van der Waals surface area contributed by atoms with Crippen LogP contribution in [0, 0.1) is 23.0 Å². The Labute approximate surface area is 93.9 Å². The van der Waals surface area contributed by atoms with Crippen LogP contribution in [-0.4, -0.2) is 5.54 Å². The van der Waals surface area contributed by atoms with Crippen LogP contribution in [0.15, 0.2) is 12.1 Å². The monoisotopic (exact) mass is 224 g/mol. The summed E-state index contributed by atoms with van der Waals surface area (Å²) < 4.78 is 27.0. The minimum atomic E-state index is -0.738. The highest BCUT2D eigenvalue weighted by Crippen LogP contribution is 2.25. The molecule has 0 aromatic heterocycles. The Bertz CT molecular complexity index is 410. The lowest BCUT2D eigenvalue weighted by Crippen LogP contribution is -2.30. The van der Waals surface area contributed by atoms with E-state index in [0.29, 0.717) is 0 Å². The van der Waals surface area contributed by atoms with Crippen molar-refractivity contribution in [3.63, 3.8) is 0 Å². The number of nitriles is 1. The minimum Gasteiger partial charge on any atom is -0.375 e. The van der Waals surface area contributed by atoms with E-state index in [-0.39, 0.29) is 11.3 Å². The Morgan fingerprint density at radius 2 is 1.81 bits per heavy atom. The molecule has 0 fully saturated rings. The van der Waals surface area contributed by atoms with Crippen molar-refractivity contribution < 1.29 is 8.78 Å². The van der Waals surface area contributed by atoms with E-state index in [1.54, 1.807) is 6.07 Å². The molecule has 4 heteroatoms. The van der Waals surface area contributed by atoms with Crippen LogP contribution < -0.4 is 5.32 Å². The maximum atomic E-state index is 13.5. The molecule has 0 amide bonds. The predicted octanol–water partition coefficient (Wildman–Crippen LogP) is 3.44. The van der Waals surface area contributed by atoms with Crippen molar-refractivity contribution in [1.82, 2.24) is 0 Å². The summed E-state index contributed by atoms with van der Waals surface area (Å²) in [5, 5.41) is 11.3. The molecule has 0 saturated carbocycles. The SMILES string of the molecule is CCC(C)(C)Nc1c(F)cc(C#N)cc1F. The van der Waals surface area contributed by atoms with Crippen LogP contribution in [0.5, 0.6) is 0 Å². The topological polar surface area (TPSA) is 35.8 Å². The van der Waals surface area contributed by atoms with Crippen molar-refractivity contribution >= 4 is 5.69 Å². The predicted molar refractivity (Wildman–Crippen MR) is 59.1 cm³/mol. The summed E-state index contributed by atoms with van der Waals surface area (Å²) in [4.78, 5) is 0. The zero-order valence-corrected chi connectivity index (χ0v) is 9.56. The van der Waals surface area contributed by atoms with Crippen molar-refractivity contribution in [2.24, 2.45) is 0 Å². The van der Waals surface area contributed by atoms with E-state index in [2.05, 4.69) is 5.32 Å². The average molecular weight is 224 g/mol. The van der Waals surface area contributed by atoms with E-state index in [1.807, 2.05) is 20.8 Å². The highest BCUT2D eigenvalue weighted by Gasteiger charge is 2.19. The largest absolute Gasteiger partial charge is 0.375 e. The van der Waals surface area contributed by atoms with E-state index in [9.17, 15) is 8.78 Å². The first kappa shape index (κ1) is 12.4. The lowest BCUT2D eigenvalue weighted by atomic mass is 10.0. The molecule has 0 bridgehead atoms. The third kappa shape index (κ3) is 2.69. The third-order valence-corrected chi connectivity index (χ3v) is 2.52. The van der Waals surface area contributed by atoms with Crippen LogP contribution in [0.4, 0.5) is 14.5 Å². The number of halogens is 2. The van der Waals surface area contributed by atoms with Crippen LogP contribution in [0.1, 0.15) is 32.8 Å². The Morgan fingerprint density at radius 1 is 1.31 bits per heavy atom. The minimum absolute atomic E-state index is 0.0187. The Hall–Kier alpha value is -1.63. The van der Waals surface area contributed by atoms with E-state index in [4.69, 9.17) is 5.26 Å². The first-order valence-corrected chi connectivity index (χ1v) is 5.07. The maximum Gasteiger partial charge on any atom is 0.150 e. The van der Waals surface area contributed by atoms with Gasteiger partial charge in [-0.05, 0) is 32.4 Å². The number of benzene rings is 1. The molecule has 0 unspecified atom stereocenters. The van der Waals surface area contributed by atoms with Gasteiger partial charge in [-0.3, -0.25) is 0 Å².